The van der Waals surface area contributed by atoms with Crippen LogP contribution < -0.4 is 9.47 Å². The summed E-state index contributed by atoms with van der Waals surface area (Å²) < 4.78 is 10.5. The number of methoxy groups -OCH3 is 1. The SMILES string of the molecule is CC(=O)Oc1c(C)c(C)[c-]c(C)c1C.COc1c(C)c(C)[c-]c(C)c1C.[W+2]. The molecule has 0 N–H and O–H groups in total. The van der Waals surface area contributed by atoms with Gasteiger partial charge in [0.25, 0.3) is 0 Å². The fraction of sp³-hybridized carbons (Fsp3) is 0.435. The number of carbonyl (C=O) groups excluding carboxylic acids is 1. The molecule has 2 aromatic rings. The number of aryl methyl sites for hydroxylation is 4. The van der Waals surface area contributed by atoms with Crippen molar-refractivity contribution in [2.45, 2.75) is 62.3 Å². The summed E-state index contributed by atoms with van der Waals surface area (Å²) in [5.74, 6) is 1.41. The van der Waals surface area contributed by atoms with Crippen molar-refractivity contribution in [1.29, 1.82) is 0 Å². The molecule has 0 saturated heterocycles. The molecule has 0 heterocycles. The van der Waals surface area contributed by atoms with Crippen LogP contribution in [0.5, 0.6) is 11.5 Å². The van der Waals surface area contributed by atoms with E-state index >= 15 is 0 Å². The molecular formula is C23H30O3W. The van der Waals surface area contributed by atoms with Gasteiger partial charge in [-0.2, -0.15) is 34.4 Å². The van der Waals surface area contributed by atoms with Crippen LogP contribution >= 0.6 is 0 Å². The molecule has 27 heavy (non-hydrogen) atoms. The smallest absolute Gasteiger partial charge is 0.522 e. The monoisotopic (exact) mass is 538 g/mol. The molecule has 146 valence electrons. The van der Waals surface area contributed by atoms with Crippen molar-refractivity contribution in [3.63, 3.8) is 0 Å². The summed E-state index contributed by atoms with van der Waals surface area (Å²) in [7, 11) is 1.72. The van der Waals surface area contributed by atoms with Crippen LogP contribution in [0.15, 0.2) is 0 Å². The number of hydrogen-bond donors (Lipinski definition) is 0. The Kier molecular flexibility index (Phi) is 10.0. The predicted octanol–water partition coefficient (Wildman–Crippen LogP) is 5.37. The minimum absolute atomic E-state index is 0. The Balaban J connectivity index is 0.000000488. The molecule has 0 amide bonds. The Labute approximate surface area is 178 Å². The first kappa shape index (κ1) is 25.4. The Bertz CT molecular complexity index is 771. The normalized spacial score (nSPS) is 9.70. The van der Waals surface area contributed by atoms with Gasteiger partial charge in [0.1, 0.15) is 0 Å². The van der Waals surface area contributed by atoms with Crippen LogP contribution in [0, 0.1) is 67.5 Å². The van der Waals surface area contributed by atoms with E-state index in [1.165, 1.54) is 29.2 Å². The van der Waals surface area contributed by atoms with Gasteiger partial charge in [0.15, 0.2) is 0 Å². The molecule has 0 bridgehead atoms. The number of carbonyl (C=O) groups is 1. The zero-order valence-electron chi connectivity index (χ0n) is 18.1. The van der Waals surface area contributed by atoms with Crippen LogP contribution in [-0.4, -0.2) is 13.1 Å². The van der Waals surface area contributed by atoms with E-state index in [9.17, 15) is 4.79 Å². The summed E-state index contributed by atoms with van der Waals surface area (Å²) in [4.78, 5) is 10.9. The number of esters is 1. The Morgan fingerprint density at radius 2 is 0.963 bits per heavy atom. The van der Waals surface area contributed by atoms with Crippen LogP contribution in [0.3, 0.4) is 0 Å². The summed E-state index contributed by atoms with van der Waals surface area (Å²) in [5.41, 5.74) is 8.78. The van der Waals surface area contributed by atoms with Gasteiger partial charge in [0, 0.05) is 18.4 Å². The van der Waals surface area contributed by atoms with Gasteiger partial charge >= 0.3 is 27.0 Å². The topological polar surface area (TPSA) is 35.5 Å². The molecule has 0 radical (unpaired) electrons. The van der Waals surface area contributed by atoms with Crippen LogP contribution in [0.1, 0.15) is 51.4 Å². The summed E-state index contributed by atoms with van der Waals surface area (Å²) in [6.45, 7) is 17.5. The molecule has 2 rings (SSSR count). The van der Waals surface area contributed by atoms with Crippen molar-refractivity contribution < 1.29 is 35.3 Å². The van der Waals surface area contributed by atoms with Gasteiger partial charge < -0.3 is 9.47 Å². The molecule has 0 unspecified atom stereocenters. The number of benzene rings is 2. The minimum Gasteiger partial charge on any atom is -0.522 e. The third kappa shape index (κ3) is 6.21. The van der Waals surface area contributed by atoms with E-state index in [4.69, 9.17) is 9.47 Å². The maximum Gasteiger partial charge on any atom is 2.00 e. The Morgan fingerprint density at radius 3 is 1.22 bits per heavy atom. The maximum absolute atomic E-state index is 10.9. The van der Waals surface area contributed by atoms with Crippen LogP contribution in [0.2, 0.25) is 0 Å². The molecule has 0 spiro atoms. The fourth-order valence-corrected chi connectivity index (χ4v) is 2.78. The Hall–Kier alpha value is -1.60. The van der Waals surface area contributed by atoms with Crippen LogP contribution in [0.25, 0.3) is 0 Å². The standard InChI is InChI=1S/C12H15O2.C11H15O.W/c1-7-6-8(2)10(4)12(9(7)3)14-11(5)13;1-7-6-8(2)10(4)11(12-5)9(7)3;/h1-5H3;1-5H3;/q2*-1;+2. The zero-order valence-corrected chi connectivity index (χ0v) is 21.1. The number of ether oxygens (including phenoxy) is 2. The average Bonchev–Trinajstić information content (AvgIpc) is 2.56. The van der Waals surface area contributed by atoms with Gasteiger partial charge in [-0.15, -0.1) is 22.3 Å². The molecule has 4 heteroatoms. The molecule has 0 aliphatic rings. The maximum atomic E-state index is 10.9. The van der Waals surface area contributed by atoms with Crippen molar-refractivity contribution in [2.24, 2.45) is 0 Å². The van der Waals surface area contributed by atoms with Crippen molar-refractivity contribution in [3.8, 4) is 11.5 Å². The molecule has 0 saturated carbocycles. The van der Waals surface area contributed by atoms with Gasteiger partial charge in [-0.3, -0.25) is 4.79 Å². The quantitative estimate of drug-likeness (QED) is 0.293. The molecule has 0 fully saturated rings. The zero-order chi connectivity index (χ0) is 20.2. The number of hydrogen-bond acceptors (Lipinski definition) is 3. The van der Waals surface area contributed by atoms with Gasteiger partial charge in [-0.1, -0.05) is 55.4 Å². The van der Waals surface area contributed by atoms with Crippen molar-refractivity contribution in [2.75, 3.05) is 7.11 Å². The number of rotatable bonds is 2. The first-order valence-corrected chi connectivity index (χ1v) is 8.72. The second-order valence-corrected chi connectivity index (χ2v) is 6.71. The second-order valence-electron chi connectivity index (χ2n) is 6.71. The Morgan fingerprint density at radius 1 is 0.667 bits per heavy atom. The van der Waals surface area contributed by atoms with E-state index in [0.717, 1.165) is 28.0 Å². The molecule has 0 aliphatic carbocycles. The van der Waals surface area contributed by atoms with Crippen molar-refractivity contribution >= 4 is 5.97 Å². The molecule has 0 aliphatic heterocycles. The van der Waals surface area contributed by atoms with Gasteiger partial charge in [0.2, 0.25) is 0 Å². The summed E-state index contributed by atoms with van der Waals surface area (Å²) in [6, 6.07) is 6.53. The largest absolute Gasteiger partial charge is 2.00 e. The van der Waals surface area contributed by atoms with Crippen molar-refractivity contribution in [3.05, 3.63) is 56.6 Å². The van der Waals surface area contributed by atoms with Gasteiger partial charge in [-0.25, -0.2) is 0 Å². The van der Waals surface area contributed by atoms with Crippen molar-refractivity contribution in [1.82, 2.24) is 0 Å². The molecule has 2 aromatic carbocycles. The van der Waals surface area contributed by atoms with E-state index in [0.29, 0.717) is 5.75 Å². The van der Waals surface area contributed by atoms with E-state index in [1.807, 2.05) is 27.7 Å². The van der Waals surface area contributed by atoms with Crippen LogP contribution in [0.4, 0.5) is 0 Å². The summed E-state index contributed by atoms with van der Waals surface area (Å²) in [6.07, 6.45) is 0. The van der Waals surface area contributed by atoms with Gasteiger partial charge in [-0.05, 0) is 0 Å². The van der Waals surface area contributed by atoms with E-state index in [2.05, 4.69) is 39.8 Å². The molecule has 0 atom stereocenters. The second kappa shape index (κ2) is 10.7. The first-order chi connectivity index (χ1) is 12.0. The van der Waals surface area contributed by atoms with E-state index in [1.54, 1.807) is 7.11 Å². The molecule has 3 nitrogen and oxygen atoms in total. The van der Waals surface area contributed by atoms with E-state index in [-0.39, 0.29) is 27.0 Å². The third-order valence-corrected chi connectivity index (χ3v) is 4.81. The average molecular weight is 538 g/mol. The van der Waals surface area contributed by atoms with Gasteiger partial charge in [0.05, 0.1) is 7.11 Å². The summed E-state index contributed by atoms with van der Waals surface area (Å²) >= 11 is 0. The minimum atomic E-state index is -0.277. The van der Waals surface area contributed by atoms with E-state index < -0.39 is 0 Å². The summed E-state index contributed by atoms with van der Waals surface area (Å²) in [5, 5.41) is 0. The fourth-order valence-electron chi connectivity index (χ4n) is 2.78. The molecule has 0 aromatic heterocycles. The van der Waals surface area contributed by atoms with Crippen LogP contribution in [-0.2, 0) is 25.9 Å². The first-order valence-electron chi connectivity index (χ1n) is 8.72. The predicted molar refractivity (Wildman–Crippen MR) is 106 cm³/mol. The molecular weight excluding hydrogens is 508 g/mol. The third-order valence-electron chi connectivity index (χ3n) is 4.81.